The quantitative estimate of drug-likeness (QED) is 0.645. The topological polar surface area (TPSA) is 52.3 Å². The highest BCUT2D eigenvalue weighted by Gasteiger charge is 2.39. The minimum absolute atomic E-state index is 0. The van der Waals surface area contributed by atoms with Crippen LogP contribution in [-0.2, 0) is 21.9 Å². The van der Waals surface area contributed by atoms with Gasteiger partial charge in [0.2, 0.25) is 0 Å². The maximum absolute atomic E-state index is 12.9. The number of benzene rings is 1. The van der Waals surface area contributed by atoms with Crippen molar-refractivity contribution in [2.45, 2.75) is 31.7 Å². The van der Waals surface area contributed by atoms with E-state index in [9.17, 15) is 31.1 Å². The number of alkyl halides is 6. The zero-order chi connectivity index (χ0) is 17.1. The summed E-state index contributed by atoms with van der Waals surface area (Å²) in [5.41, 5.74) is 1.96. The van der Waals surface area contributed by atoms with Crippen LogP contribution < -0.4 is 5.73 Å². The van der Waals surface area contributed by atoms with E-state index in [0.29, 0.717) is 12.1 Å². The van der Waals surface area contributed by atoms with Crippen molar-refractivity contribution in [3.63, 3.8) is 0 Å². The molecular weight excluding hydrogens is 352 g/mol. The van der Waals surface area contributed by atoms with E-state index in [-0.39, 0.29) is 25.1 Å². The van der Waals surface area contributed by atoms with Gasteiger partial charge in [0.05, 0.1) is 24.2 Å². The van der Waals surface area contributed by atoms with Crippen molar-refractivity contribution in [1.82, 2.24) is 0 Å². The van der Waals surface area contributed by atoms with E-state index in [1.807, 2.05) is 0 Å². The summed E-state index contributed by atoms with van der Waals surface area (Å²) in [4.78, 5) is 11.3. The van der Waals surface area contributed by atoms with Crippen LogP contribution in [0.1, 0.15) is 36.1 Å². The van der Waals surface area contributed by atoms with Crippen molar-refractivity contribution >= 4 is 18.4 Å². The summed E-state index contributed by atoms with van der Waals surface area (Å²) in [7, 11) is 0. The van der Waals surface area contributed by atoms with Crippen LogP contribution in [-0.4, -0.2) is 12.6 Å². The van der Waals surface area contributed by atoms with Crippen LogP contribution in [0, 0.1) is 0 Å². The molecule has 0 spiro atoms. The van der Waals surface area contributed by atoms with Crippen LogP contribution in [0.2, 0.25) is 0 Å². The van der Waals surface area contributed by atoms with Crippen LogP contribution >= 0.6 is 12.4 Å². The number of carbonyl (C=O) groups excluding carboxylic acids is 1. The van der Waals surface area contributed by atoms with Gasteiger partial charge in [-0.1, -0.05) is 6.07 Å². The van der Waals surface area contributed by atoms with E-state index < -0.39 is 47.5 Å². The van der Waals surface area contributed by atoms with E-state index in [0.717, 1.165) is 0 Å². The number of ether oxygens (including phenoxy) is 1. The van der Waals surface area contributed by atoms with Crippen LogP contribution in [0.3, 0.4) is 0 Å². The molecule has 10 heteroatoms. The number of rotatable bonds is 4. The number of hydrogen-bond donors (Lipinski definition) is 1. The molecule has 0 saturated carbocycles. The molecule has 1 aromatic carbocycles. The fourth-order valence-electron chi connectivity index (χ4n) is 1.81. The minimum atomic E-state index is -5.02. The van der Waals surface area contributed by atoms with Gasteiger partial charge in [-0.15, -0.1) is 12.4 Å². The first kappa shape index (κ1) is 21.5. The lowest BCUT2D eigenvalue weighted by Crippen LogP contribution is -2.22. The number of esters is 1. The summed E-state index contributed by atoms with van der Waals surface area (Å²) in [6, 6.07) is -0.302. The van der Waals surface area contributed by atoms with Crippen molar-refractivity contribution in [3.8, 4) is 0 Å². The van der Waals surface area contributed by atoms with Gasteiger partial charge >= 0.3 is 18.3 Å². The van der Waals surface area contributed by atoms with Gasteiger partial charge in [0.15, 0.2) is 0 Å². The Hall–Kier alpha value is -1.48. The van der Waals surface area contributed by atoms with Crippen molar-refractivity contribution in [2.75, 3.05) is 6.61 Å². The molecule has 0 aliphatic heterocycles. The zero-order valence-corrected chi connectivity index (χ0v) is 12.6. The first-order valence-electron chi connectivity index (χ1n) is 6.16. The van der Waals surface area contributed by atoms with E-state index in [1.165, 1.54) is 6.92 Å². The van der Waals surface area contributed by atoms with Gasteiger partial charge in [-0.3, -0.25) is 4.79 Å². The molecule has 0 aromatic heterocycles. The molecule has 1 aromatic rings. The fourth-order valence-corrected chi connectivity index (χ4v) is 1.81. The largest absolute Gasteiger partial charge is 0.466 e. The van der Waals surface area contributed by atoms with Gasteiger partial charge in [0, 0.05) is 6.04 Å². The summed E-state index contributed by atoms with van der Waals surface area (Å²) in [5, 5.41) is 0. The third kappa shape index (κ3) is 5.91. The Kier molecular flexibility index (Phi) is 7.36. The molecule has 0 bridgehead atoms. The molecule has 3 nitrogen and oxygen atoms in total. The van der Waals surface area contributed by atoms with E-state index >= 15 is 0 Å². The Balaban J connectivity index is 0.00000484. The Morgan fingerprint density at radius 2 is 1.74 bits per heavy atom. The molecule has 0 unspecified atom stereocenters. The lowest BCUT2D eigenvalue weighted by Gasteiger charge is -2.19. The van der Waals surface area contributed by atoms with Gasteiger partial charge in [0.25, 0.3) is 0 Å². The Morgan fingerprint density at radius 3 is 2.17 bits per heavy atom. The predicted molar refractivity (Wildman–Crippen MR) is 71.9 cm³/mol. The van der Waals surface area contributed by atoms with Crippen LogP contribution in [0.4, 0.5) is 26.3 Å². The van der Waals surface area contributed by atoms with Gasteiger partial charge in [-0.05, 0) is 24.6 Å². The Bertz CT molecular complexity index is 544. The first-order valence-corrected chi connectivity index (χ1v) is 6.16. The van der Waals surface area contributed by atoms with Crippen molar-refractivity contribution in [3.05, 3.63) is 34.9 Å². The van der Waals surface area contributed by atoms with Crippen molar-refractivity contribution in [1.29, 1.82) is 0 Å². The Morgan fingerprint density at radius 1 is 1.17 bits per heavy atom. The molecule has 0 aliphatic rings. The number of nitrogens with two attached hydrogens (primary N) is 1. The van der Waals surface area contributed by atoms with E-state index in [4.69, 9.17) is 5.73 Å². The molecule has 1 rings (SSSR count). The van der Waals surface area contributed by atoms with E-state index in [2.05, 4.69) is 4.74 Å². The van der Waals surface area contributed by atoms with Gasteiger partial charge in [0.1, 0.15) is 0 Å². The predicted octanol–water partition coefficient (Wildman–Crippen LogP) is 4.10. The molecule has 0 amide bonds. The zero-order valence-electron chi connectivity index (χ0n) is 11.8. The molecule has 0 radical (unpaired) electrons. The molecule has 132 valence electrons. The fraction of sp³-hybridized carbons (Fsp3) is 0.462. The molecule has 0 saturated heterocycles. The summed E-state index contributed by atoms with van der Waals surface area (Å²) in [6.45, 7) is 1.52. The third-order valence-electron chi connectivity index (χ3n) is 2.78. The number of carbonyl (C=O) groups is 1. The highest BCUT2D eigenvalue weighted by molar-refractivity contribution is 5.85. The average molecular weight is 366 g/mol. The minimum Gasteiger partial charge on any atom is -0.466 e. The molecule has 0 heterocycles. The maximum atomic E-state index is 12.9. The molecule has 2 N–H and O–H groups in total. The van der Waals surface area contributed by atoms with Gasteiger partial charge in [-0.2, -0.15) is 26.3 Å². The molecule has 1 atom stereocenters. The molecular formula is C13H14ClF6NO2. The normalized spacial score (nSPS) is 13.2. The SMILES string of the molecule is CCOC(=O)C[C@@H](N)c1ccc(C(F)(F)F)cc1C(F)(F)F.Cl. The second kappa shape index (κ2) is 7.87. The maximum Gasteiger partial charge on any atom is 0.416 e. The number of hydrogen-bond acceptors (Lipinski definition) is 3. The monoisotopic (exact) mass is 365 g/mol. The smallest absolute Gasteiger partial charge is 0.416 e. The summed E-state index contributed by atoms with van der Waals surface area (Å²) < 4.78 is 80.9. The van der Waals surface area contributed by atoms with Crippen molar-refractivity contribution in [2.24, 2.45) is 5.73 Å². The van der Waals surface area contributed by atoms with Crippen LogP contribution in [0.15, 0.2) is 18.2 Å². The first-order chi connectivity index (χ1) is 9.96. The third-order valence-corrected chi connectivity index (χ3v) is 2.78. The number of halogens is 7. The van der Waals surface area contributed by atoms with Crippen LogP contribution in [0.5, 0.6) is 0 Å². The highest BCUT2D eigenvalue weighted by atomic mass is 35.5. The lowest BCUT2D eigenvalue weighted by molar-refractivity contribution is -0.146. The van der Waals surface area contributed by atoms with Gasteiger partial charge in [-0.25, -0.2) is 0 Å². The standard InChI is InChI=1S/C13H13F6NO2.ClH/c1-2-22-11(21)6-10(20)8-4-3-7(12(14,15)16)5-9(8)13(17,18)19;/h3-5,10H,2,6,20H2,1H3;1H/t10-;/m1./s1. The van der Waals surface area contributed by atoms with Crippen LogP contribution in [0.25, 0.3) is 0 Å². The van der Waals surface area contributed by atoms with Gasteiger partial charge < -0.3 is 10.5 Å². The second-order valence-corrected chi connectivity index (χ2v) is 4.41. The molecule has 0 fully saturated rings. The van der Waals surface area contributed by atoms with E-state index in [1.54, 1.807) is 0 Å². The summed E-state index contributed by atoms with van der Waals surface area (Å²) in [6.07, 6.45) is -10.5. The molecule has 23 heavy (non-hydrogen) atoms. The molecule has 0 aliphatic carbocycles. The lowest BCUT2D eigenvalue weighted by atomic mass is 9.96. The second-order valence-electron chi connectivity index (χ2n) is 4.41. The Labute approximate surface area is 134 Å². The summed E-state index contributed by atoms with van der Waals surface area (Å²) >= 11 is 0. The summed E-state index contributed by atoms with van der Waals surface area (Å²) in [5.74, 6) is -0.831. The highest BCUT2D eigenvalue weighted by Crippen LogP contribution is 2.39. The van der Waals surface area contributed by atoms with Crippen molar-refractivity contribution < 1.29 is 35.9 Å². The average Bonchev–Trinajstić information content (AvgIpc) is 2.36.